The van der Waals surface area contributed by atoms with E-state index in [0.717, 1.165) is 37.6 Å². The molecule has 0 bridgehead atoms. The number of hydrogen-bond donors (Lipinski definition) is 4. The van der Waals surface area contributed by atoms with Crippen LogP contribution in [0.15, 0.2) is 70.6 Å². The number of carbonyl (C=O) groups is 2. The molecule has 0 aromatic heterocycles. The summed E-state index contributed by atoms with van der Waals surface area (Å²) in [7, 11) is 0. The molecule has 0 unspecified atom stereocenters. The van der Waals surface area contributed by atoms with Gasteiger partial charge in [0, 0.05) is 37.6 Å². The summed E-state index contributed by atoms with van der Waals surface area (Å²) in [5.41, 5.74) is 1.85. The molecule has 0 amide bonds. The number of nitrogens with one attached hydrogen (secondary N) is 4. The summed E-state index contributed by atoms with van der Waals surface area (Å²) in [6.45, 7) is 7.36. The monoisotopic (exact) mass is 464 g/mol. The fraction of sp³-hybridized carbons (Fsp3) is 0.385. The second-order valence-corrected chi connectivity index (χ2v) is 7.90. The molecular formula is C26H36N6O2. The van der Waals surface area contributed by atoms with Gasteiger partial charge in [-0.2, -0.15) is 0 Å². The predicted octanol–water partition coefficient (Wildman–Crippen LogP) is 3.15. The molecule has 0 fully saturated rings. The first-order valence-corrected chi connectivity index (χ1v) is 11.6. The average molecular weight is 465 g/mol. The Morgan fingerprint density at radius 3 is 1.35 bits per heavy atom. The van der Waals surface area contributed by atoms with Gasteiger partial charge in [0.2, 0.25) is 0 Å². The Balaban J connectivity index is 1.63. The molecule has 4 N–H and O–H groups in total. The summed E-state index contributed by atoms with van der Waals surface area (Å²) in [6.07, 6.45) is 0.587. The molecule has 0 spiro atoms. The highest BCUT2D eigenvalue weighted by molar-refractivity contribution is 6.07. The number of Topliss-reactive ketones (excluding diaryl/α,β-unsaturated/α-hetero) is 2. The van der Waals surface area contributed by atoms with Crippen LogP contribution in [0.3, 0.4) is 0 Å². The van der Waals surface area contributed by atoms with Crippen LogP contribution in [0.2, 0.25) is 0 Å². The van der Waals surface area contributed by atoms with Crippen LogP contribution in [0.25, 0.3) is 0 Å². The molecule has 0 radical (unpaired) electrons. The second-order valence-electron chi connectivity index (χ2n) is 7.90. The molecule has 8 heteroatoms. The van der Waals surface area contributed by atoms with Crippen molar-refractivity contribution in [2.45, 2.75) is 26.7 Å². The molecular weight excluding hydrogens is 428 g/mol. The van der Waals surface area contributed by atoms with Gasteiger partial charge in [0.25, 0.3) is 0 Å². The lowest BCUT2D eigenvalue weighted by Gasteiger charge is -2.10. The third-order valence-electron chi connectivity index (χ3n) is 4.62. The van der Waals surface area contributed by atoms with E-state index < -0.39 is 0 Å². The number of hydrogen-bond acceptors (Lipinski definition) is 6. The van der Waals surface area contributed by atoms with Gasteiger partial charge in [-0.1, -0.05) is 36.4 Å². The maximum Gasteiger partial charge on any atom is 0.137 e. The first kappa shape index (κ1) is 26.9. The molecule has 2 aromatic carbocycles. The maximum atomic E-state index is 11.5. The highest BCUT2D eigenvalue weighted by Gasteiger charge is 2.05. The normalized spacial score (nSPS) is 11.8. The minimum atomic E-state index is 0.0763. The zero-order chi connectivity index (χ0) is 24.4. The topological polar surface area (TPSA) is 107 Å². The van der Waals surface area contributed by atoms with Crippen molar-refractivity contribution in [1.29, 1.82) is 0 Å². The van der Waals surface area contributed by atoms with Crippen LogP contribution in [0, 0.1) is 0 Å². The van der Waals surface area contributed by atoms with Gasteiger partial charge in [-0.05, 0) is 38.1 Å². The van der Waals surface area contributed by atoms with Gasteiger partial charge in [-0.3, -0.25) is 19.6 Å². The zero-order valence-electron chi connectivity index (χ0n) is 20.1. The number of benzene rings is 2. The van der Waals surface area contributed by atoms with Crippen molar-refractivity contribution in [2.24, 2.45) is 9.98 Å². The fourth-order valence-corrected chi connectivity index (χ4v) is 3.09. The maximum absolute atomic E-state index is 11.5. The van der Waals surface area contributed by atoms with E-state index in [1.54, 1.807) is 13.8 Å². The van der Waals surface area contributed by atoms with Gasteiger partial charge < -0.3 is 21.3 Å². The van der Waals surface area contributed by atoms with E-state index in [4.69, 9.17) is 0 Å². The van der Waals surface area contributed by atoms with Crippen LogP contribution < -0.4 is 21.3 Å². The Morgan fingerprint density at radius 2 is 1.00 bits per heavy atom. The number of amidine groups is 2. The Morgan fingerprint density at radius 1 is 0.618 bits per heavy atom. The van der Waals surface area contributed by atoms with Crippen LogP contribution in [0.1, 0.15) is 26.7 Å². The van der Waals surface area contributed by atoms with Crippen LogP contribution in [-0.4, -0.2) is 62.5 Å². The Hall–Kier alpha value is -3.36. The SMILES string of the molecule is CC(=O)CC(=NCCNCCNCCN=C(CC(C)=O)Nc1ccccc1)Nc1ccccc1. The van der Waals surface area contributed by atoms with Crippen molar-refractivity contribution in [3.05, 3.63) is 60.7 Å². The summed E-state index contributed by atoms with van der Waals surface area (Å²) in [4.78, 5) is 32.1. The summed E-state index contributed by atoms with van der Waals surface area (Å²) in [5, 5.41) is 13.1. The van der Waals surface area contributed by atoms with Gasteiger partial charge in [0.05, 0.1) is 25.9 Å². The molecule has 182 valence electrons. The smallest absolute Gasteiger partial charge is 0.137 e. The third-order valence-corrected chi connectivity index (χ3v) is 4.62. The molecule has 0 aliphatic carbocycles. The Bertz CT molecular complexity index is 851. The highest BCUT2D eigenvalue weighted by atomic mass is 16.1. The third kappa shape index (κ3) is 12.6. The summed E-state index contributed by atoms with van der Waals surface area (Å²) in [6, 6.07) is 19.5. The predicted molar refractivity (Wildman–Crippen MR) is 141 cm³/mol. The van der Waals surface area contributed by atoms with E-state index in [0.29, 0.717) is 37.6 Å². The van der Waals surface area contributed by atoms with E-state index in [-0.39, 0.29) is 11.6 Å². The minimum Gasteiger partial charge on any atom is -0.344 e. The number of nitrogens with zero attached hydrogens (tertiary/aromatic N) is 2. The summed E-state index contributed by atoms with van der Waals surface area (Å²) < 4.78 is 0. The molecule has 8 nitrogen and oxygen atoms in total. The van der Waals surface area contributed by atoms with E-state index in [1.165, 1.54) is 0 Å². The van der Waals surface area contributed by atoms with Crippen molar-refractivity contribution < 1.29 is 9.59 Å². The number of rotatable bonds is 15. The molecule has 0 atom stereocenters. The van der Waals surface area contributed by atoms with Crippen LogP contribution >= 0.6 is 0 Å². The van der Waals surface area contributed by atoms with Crippen molar-refractivity contribution >= 4 is 34.6 Å². The molecule has 0 heterocycles. The van der Waals surface area contributed by atoms with Gasteiger partial charge in [0.1, 0.15) is 23.2 Å². The number of aliphatic imine (C=N–C) groups is 2. The second kappa shape index (κ2) is 16.3. The average Bonchev–Trinajstić information content (AvgIpc) is 2.80. The standard InChI is InChI=1S/C26H36N6O2/c1-21(33)19-25(31-23-9-5-3-6-10-23)29-17-15-27-13-14-28-16-18-30-26(20-22(2)34)32-24-11-7-4-8-12-24/h3-12,27-28H,13-20H2,1-2H3,(H,29,31)(H,30,32). The molecule has 0 saturated heterocycles. The molecule has 2 aromatic rings. The summed E-state index contributed by atoms with van der Waals surface area (Å²) >= 11 is 0. The quantitative estimate of drug-likeness (QED) is 0.183. The van der Waals surface area contributed by atoms with Crippen LogP contribution in [-0.2, 0) is 9.59 Å². The first-order valence-electron chi connectivity index (χ1n) is 11.6. The van der Waals surface area contributed by atoms with Gasteiger partial charge >= 0.3 is 0 Å². The van der Waals surface area contributed by atoms with E-state index >= 15 is 0 Å². The largest absolute Gasteiger partial charge is 0.344 e. The molecule has 2 rings (SSSR count). The lowest BCUT2D eigenvalue weighted by Crippen LogP contribution is -2.30. The fourth-order valence-electron chi connectivity index (χ4n) is 3.09. The molecule has 0 saturated carbocycles. The molecule has 0 aliphatic rings. The van der Waals surface area contributed by atoms with Crippen LogP contribution in [0.5, 0.6) is 0 Å². The van der Waals surface area contributed by atoms with Crippen molar-refractivity contribution in [3.8, 4) is 0 Å². The highest BCUT2D eigenvalue weighted by Crippen LogP contribution is 2.07. The van der Waals surface area contributed by atoms with Crippen molar-refractivity contribution in [1.82, 2.24) is 10.6 Å². The van der Waals surface area contributed by atoms with E-state index in [2.05, 4.69) is 31.3 Å². The van der Waals surface area contributed by atoms with Gasteiger partial charge in [0.15, 0.2) is 0 Å². The molecule has 34 heavy (non-hydrogen) atoms. The van der Waals surface area contributed by atoms with Crippen molar-refractivity contribution in [3.63, 3.8) is 0 Å². The number of anilines is 2. The number of ketones is 2. The first-order chi connectivity index (χ1) is 16.5. The zero-order valence-corrected chi connectivity index (χ0v) is 20.1. The summed E-state index contributed by atoms with van der Waals surface area (Å²) in [5.74, 6) is 1.52. The van der Waals surface area contributed by atoms with Gasteiger partial charge in [-0.25, -0.2) is 0 Å². The number of para-hydroxylation sites is 2. The molecule has 0 aliphatic heterocycles. The van der Waals surface area contributed by atoms with E-state index in [1.807, 2.05) is 60.7 Å². The van der Waals surface area contributed by atoms with Crippen molar-refractivity contribution in [2.75, 3.05) is 49.9 Å². The lowest BCUT2D eigenvalue weighted by atomic mass is 10.2. The lowest BCUT2D eigenvalue weighted by molar-refractivity contribution is -0.116. The van der Waals surface area contributed by atoms with Gasteiger partial charge in [-0.15, -0.1) is 0 Å². The minimum absolute atomic E-state index is 0.0763. The Kier molecular flexibility index (Phi) is 12.9. The Labute approximate surface area is 202 Å². The van der Waals surface area contributed by atoms with Crippen LogP contribution in [0.4, 0.5) is 11.4 Å². The van der Waals surface area contributed by atoms with E-state index in [9.17, 15) is 9.59 Å². The number of carbonyl (C=O) groups excluding carboxylic acids is 2.